The van der Waals surface area contributed by atoms with Crippen LogP contribution in [0, 0.1) is 0 Å². The fourth-order valence-electron chi connectivity index (χ4n) is 6.48. The summed E-state index contributed by atoms with van der Waals surface area (Å²) < 4.78 is 34.2. The van der Waals surface area contributed by atoms with Gasteiger partial charge in [-0.05, 0) is 136 Å². The Morgan fingerprint density at radius 2 is 0.984 bits per heavy atom. The van der Waals surface area contributed by atoms with Crippen LogP contribution in [0.1, 0.15) is 201 Å². The molecule has 1 unspecified atom stereocenters. The number of nitrogens with zero attached hydrogens (tertiary/aromatic N) is 1. The Balaban J connectivity index is 4.63. The number of rotatable bonds is 45. The van der Waals surface area contributed by atoms with E-state index in [0.29, 0.717) is 51.7 Å². The monoisotopic (exact) mass is 876 g/mol. The molecule has 0 saturated heterocycles. The number of esters is 2. The molecule has 62 heavy (non-hydrogen) atoms. The quantitative estimate of drug-likeness (QED) is 0.0193. The van der Waals surface area contributed by atoms with E-state index in [4.69, 9.17) is 28.4 Å². The third kappa shape index (κ3) is 43.7. The Kier molecular flexibility index (Phi) is 45.3. The molecule has 0 aromatic carbocycles. The minimum Gasteiger partial charge on any atom is -0.466 e. The smallest absolute Gasteiger partial charge is 0.466 e. The van der Waals surface area contributed by atoms with Gasteiger partial charge < -0.3 is 33.3 Å². The van der Waals surface area contributed by atoms with Crippen molar-refractivity contribution in [3.63, 3.8) is 0 Å². The second kappa shape index (κ2) is 47.5. The van der Waals surface area contributed by atoms with Crippen molar-refractivity contribution in [2.75, 3.05) is 53.2 Å². The van der Waals surface area contributed by atoms with Crippen molar-refractivity contribution in [2.24, 2.45) is 0 Å². The minimum atomic E-state index is -0.703. The molecule has 10 nitrogen and oxygen atoms in total. The first-order valence-electron chi connectivity index (χ1n) is 25.0. The van der Waals surface area contributed by atoms with Crippen LogP contribution in [0.5, 0.6) is 0 Å². The maximum Gasteiger partial charge on any atom is 0.508 e. The maximum atomic E-state index is 12.7. The Hall–Kier alpha value is -2.95. The van der Waals surface area contributed by atoms with Crippen LogP contribution in [-0.4, -0.2) is 88.6 Å². The van der Waals surface area contributed by atoms with E-state index < -0.39 is 18.5 Å². The highest BCUT2D eigenvalue weighted by molar-refractivity contribution is 5.69. The van der Waals surface area contributed by atoms with E-state index in [9.17, 15) is 14.4 Å². The molecule has 0 N–H and O–H groups in total. The topological polar surface area (TPSA) is 110 Å². The third-order valence-corrected chi connectivity index (χ3v) is 10.4. The van der Waals surface area contributed by atoms with Gasteiger partial charge in [-0.1, -0.05) is 108 Å². The summed E-state index contributed by atoms with van der Waals surface area (Å²) in [4.78, 5) is 39.8. The van der Waals surface area contributed by atoms with Gasteiger partial charge in [-0.25, -0.2) is 4.79 Å². The second-order valence-corrected chi connectivity index (χ2v) is 16.3. The Bertz CT molecular complexity index is 1110. The standard InChI is InChI=1S/C52H93NO9/c1-6-10-13-16-19-20-21-22-23-24-25-26-27-28-31-39-49(54)57-45-34-37-48(62-52(56)61-47-36-42-53(5)9-4)38-35-46-58-50(55)40-41-51(59-43-32-29-17-14-11-7-2)60-44-33-30-18-15-12-8-3/h11-12,14-15,19-20,22-23,48,51H,6-10,13,16-18,21,24-47H2,1-5H3/b14-11-,15-12-,20-19-,23-22-. The van der Waals surface area contributed by atoms with Gasteiger partial charge in [0.1, 0.15) is 6.10 Å². The minimum absolute atomic E-state index is 0.186. The molecule has 0 heterocycles. The predicted octanol–water partition coefficient (Wildman–Crippen LogP) is 13.7. The predicted molar refractivity (Wildman–Crippen MR) is 255 cm³/mol. The van der Waals surface area contributed by atoms with E-state index in [-0.39, 0.29) is 38.2 Å². The highest BCUT2D eigenvalue weighted by Gasteiger charge is 2.18. The lowest BCUT2D eigenvalue weighted by molar-refractivity contribution is -0.159. The molecule has 0 aromatic heterocycles. The van der Waals surface area contributed by atoms with Gasteiger partial charge in [0.25, 0.3) is 0 Å². The normalized spacial score (nSPS) is 12.5. The summed E-state index contributed by atoms with van der Waals surface area (Å²) in [5, 5.41) is 0. The number of ether oxygens (including phenoxy) is 6. The second-order valence-electron chi connectivity index (χ2n) is 16.3. The van der Waals surface area contributed by atoms with Crippen LogP contribution < -0.4 is 0 Å². The SMILES string of the molecule is CC/C=C\CCCCOC(CCC(=O)OCCCC(CCCOC(=O)CCCCCCC/C=C\C/C=C\CCCCC)OC(=O)OCCCN(C)CC)OCCCC/C=C\CC. The number of hydrogen-bond acceptors (Lipinski definition) is 10. The molecule has 0 amide bonds. The van der Waals surface area contributed by atoms with Crippen LogP contribution in [-0.2, 0) is 38.0 Å². The van der Waals surface area contributed by atoms with Gasteiger partial charge in [0, 0.05) is 32.6 Å². The summed E-state index contributed by atoms with van der Waals surface area (Å²) in [6.45, 7) is 12.3. The number of carbonyl (C=O) groups excluding carboxylic acids is 3. The van der Waals surface area contributed by atoms with E-state index in [1.165, 1.54) is 38.5 Å². The lowest BCUT2D eigenvalue weighted by Gasteiger charge is -2.19. The lowest BCUT2D eigenvalue weighted by atomic mass is 10.1. The van der Waals surface area contributed by atoms with Crippen molar-refractivity contribution >= 4 is 18.1 Å². The average Bonchev–Trinajstić information content (AvgIpc) is 3.27. The molecule has 0 saturated carbocycles. The molecule has 1 atom stereocenters. The third-order valence-electron chi connectivity index (χ3n) is 10.4. The molecule has 0 rings (SSSR count). The molecular formula is C52H93NO9. The van der Waals surface area contributed by atoms with Crippen LogP contribution >= 0.6 is 0 Å². The summed E-state index contributed by atoms with van der Waals surface area (Å²) >= 11 is 0. The molecule has 0 spiro atoms. The van der Waals surface area contributed by atoms with Crippen LogP contribution in [0.25, 0.3) is 0 Å². The van der Waals surface area contributed by atoms with Gasteiger partial charge in [0.15, 0.2) is 6.29 Å². The van der Waals surface area contributed by atoms with Crippen LogP contribution in [0.4, 0.5) is 4.79 Å². The summed E-state index contributed by atoms with van der Waals surface area (Å²) in [6, 6.07) is 0. The van der Waals surface area contributed by atoms with E-state index in [2.05, 4.69) is 81.2 Å². The van der Waals surface area contributed by atoms with Crippen LogP contribution in [0.2, 0.25) is 0 Å². The number of carbonyl (C=O) groups is 3. The van der Waals surface area contributed by atoms with E-state index in [0.717, 1.165) is 103 Å². The van der Waals surface area contributed by atoms with E-state index in [1.54, 1.807) is 0 Å². The fraction of sp³-hybridized carbons (Fsp3) is 0.788. The van der Waals surface area contributed by atoms with Crippen LogP contribution in [0.3, 0.4) is 0 Å². The highest BCUT2D eigenvalue weighted by atomic mass is 16.7. The summed E-state index contributed by atoms with van der Waals surface area (Å²) in [5.74, 6) is -0.490. The van der Waals surface area contributed by atoms with Gasteiger partial charge in [0.05, 0.1) is 26.2 Å². The Morgan fingerprint density at radius 3 is 1.55 bits per heavy atom. The lowest BCUT2D eigenvalue weighted by Crippen LogP contribution is -2.23. The largest absolute Gasteiger partial charge is 0.508 e. The number of allylic oxidation sites excluding steroid dienone is 8. The molecule has 0 aromatic rings. The van der Waals surface area contributed by atoms with Crippen molar-refractivity contribution in [1.82, 2.24) is 4.90 Å². The summed E-state index contributed by atoms with van der Waals surface area (Å²) in [5.41, 5.74) is 0. The van der Waals surface area contributed by atoms with Crippen molar-refractivity contribution in [2.45, 2.75) is 213 Å². The van der Waals surface area contributed by atoms with Crippen LogP contribution in [0.15, 0.2) is 48.6 Å². The van der Waals surface area contributed by atoms with Gasteiger partial charge in [-0.2, -0.15) is 0 Å². The molecule has 10 heteroatoms. The van der Waals surface area contributed by atoms with Gasteiger partial charge in [0.2, 0.25) is 0 Å². The Morgan fingerprint density at radius 1 is 0.484 bits per heavy atom. The molecule has 0 radical (unpaired) electrons. The van der Waals surface area contributed by atoms with Crippen molar-refractivity contribution in [3.05, 3.63) is 48.6 Å². The molecule has 0 fully saturated rings. The van der Waals surface area contributed by atoms with Crippen molar-refractivity contribution in [3.8, 4) is 0 Å². The summed E-state index contributed by atoms with van der Waals surface area (Å²) in [7, 11) is 2.02. The number of unbranched alkanes of at least 4 members (excludes halogenated alkanes) is 12. The first kappa shape index (κ1) is 59.0. The Labute approximate surface area is 380 Å². The van der Waals surface area contributed by atoms with E-state index in [1.807, 2.05) is 7.05 Å². The molecule has 360 valence electrons. The molecule has 0 bridgehead atoms. The zero-order valence-electron chi connectivity index (χ0n) is 40.4. The van der Waals surface area contributed by atoms with Gasteiger partial charge in [-0.15, -0.1) is 0 Å². The summed E-state index contributed by atoms with van der Waals surface area (Å²) in [6.07, 6.45) is 40.8. The van der Waals surface area contributed by atoms with Gasteiger partial charge in [-0.3, -0.25) is 9.59 Å². The maximum absolute atomic E-state index is 12.7. The fourth-order valence-corrected chi connectivity index (χ4v) is 6.48. The first-order chi connectivity index (χ1) is 30.4. The molecule has 0 aliphatic rings. The zero-order valence-corrected chi connectivity index (χ0v) is 40.4. The van der Waals surface area contributed by atoms with E-state index >= 15 is 0 Å². The molecule has 0 aliphatic heterocycles. The van der Waals surface area contributed by atoms with Gasteiger partial charge >= 0.3 is 18.1 Å². The van der Waals surface area contributed by atoms with Crippen molar-refractivity contribution in [1.29, 1.82) is 0 Å². The first-order valence-corrected chi connectivity index (χ1v) is 25.0. The zero-order chi connectivity index (χ0) is 45.4. The highest BCUT2D eigenvalue weighted by Crippen LogP contribution is 2.15. The average molecular weight is 876 g/mol. The molecule has 0 aliphatic carbocycles. The molecular weight excluding hydrogens is 783 g/mol. The number of hydrogen-bond donors (Lipinski definition) is 0. The van der Waals surface area contributed by atoms with Crippen molar-refractivity contribution < 1.29 is 42.8 Å².